The number of carbonyl (C=O) groups excluding carboxylic acids is 1. The Hall–Kier alpha value is -3.05. The molecule has 0 radical (unpaired) electrons. The maximum atomic E-state index is 13.3. The molecule has 3 rings (SSSR count). The number of anilines is 1. The van der Waals surface area contributed by atoms with Crippen LogP contribution in [-0.2, 0) is 6.61 Å². The van der Waals surface area contributed by atoms with E-state index in [2.05, 4.69) is 5.32 Å². The van der Waals surface area contributed by atoms with Gasteiger partial charge in [-0.3, -0.25) is 4.79 Å². The van der Waals surface area contributed by atoms with Crippen molar-refractivity contribution in [3.05, 3.63) is 88.2 Å². The second kappa shape index (κ2) is 8.76. The molecule has 28 heavy (non-hydrogen) atoms. The topological polar surface area (TPSA) is 47.6 Å². The van der Waals surface area contributed by atoms with Crippen LogP contribution >= 0.6 is 11.6 Å². The van der Waals surface area contributed by atoms with Crippen molar-refractivity contribution in [2.24, 2.45) is 0 Å². The average Bonchev–Trinajstić information content (AvgIpc) is 2.70. The van der Waals surface area contributed by atoms with E-state index in [1.54, 1.807) is 25.3 Å². The van der Waals surface area contributed by atoms with Gasteiger partial charge in [0.1, 0.15) is 23.9 Å². The number of ether oxygens (including phenoxy) is 2. The van der Waals surface area contributed by atoms with E-state index in [9.17, 15) is 9.18 Å². The van der Waals surface area contributed by atoms with Crippen LogP contribution in [0, 0.1) is 12.7 Å². The van der Waals surface area contributed by atoms with E-state index in [0.29, 0.717) is 17.0 Å². The second-order valence-electron chi connectivity index (χ2n) is 6.16. The van der Waals surface area contributed by atoms with E-state index >= 15 is 0 Å². The molecule has 1 N–H and O–H groups in total. The van der Waals surface area contributed by atoms with Crippen molar-refractivity contribution in [3.63, 3.8) is 0 Å². The predicted octanol–water partition coefficient (Wildman–Crippen LogP) is 5.63. The Kier molecular flexibility index (Phi) is 6.16. The highest BCUT2D eigenvalue weighted by Gasteiger charge is 2.12. The number of hydrogen-bond acceptors (Lipinski definition) is 3. The summed E-state index contributed by atoms with van der Waals surface area (Å²) in [6, 6.07) is 16.8. The number of benzene rings is 3. The Morgan fingerprint density at radius 1 is 1.07 bits per heavy atom. The maximum absolute atomic E-state index is 13.3. The van der Waals surface area contributed by atoms with Gasteiger partial charge in [0, 0.05) is 16.8 Å². The summed E-state index contributed by atoms with van der Waals surface area (Å²) >= 11 is 5.76. The van der Waals surface area contributed by atoms with Crippen molar-refractivity contribution >= 4 is 23.2 Å². The number of para-hydroxylation sites is 1. The van der Waals surface area contributed by atoms with Crippen LogP contribution in [0.2, 0.25) is 5.02 Å². The summed E-state index contributed by atoms with van der Waals surface area (Å²) in [5.41, 5.74) is 2.58. The van der Waals surface area contributed by atoms with E-state index in [1.165, 1.54) is 18.2 Å². The lowest BCUT2D eigenvalue weighted by Gasteiger charge is -2.13. The summed E-state index contributed by atoms with van der Waals surface area (Å²) in [6.45, 7) is 2.21. The summed E-state index contributed by atoms with van der Waals surface area (Å²) in [5, 5.41) is 2.65. The van der Waals surface area contributed by atoms with Crippen LogP contribution < -0.4 is 14.8 Å². The fourth-order valence-electron chi connectivity index (χ4n) is 2.68. The molecule has 144 valence electrons. The van der Waals surface area contributed by atoms with E-state index in [0.717, 1.165) is 16.9 Å². The molecule has 0 bridgehead atoms. The number of amides is 1. The van der Waals surface area contributed by atoms with Crippen LogP contribution in [0.4, 0.5) is 10.1 Å². The molecular formula is C22H19ClFNO3. The number of rotatable bonds is 6. The molecule has 0 atom stereocenters. The zero-order valence-corrected chi connectivity index (χ0v) is 16.2. The van der Waals surface area contributed by atoms with Gasteiger partial charge in [0.2, 0.25) is 0 Å². The number of aryl methyl sites for hydroxylation is 1. The smallest absolute Gasteiger partial charge is 0.255 e. The first-order chi connectivity index (χ1) is 13.5. The van der Waals surface area contributed by atoms with Gasteiger partial charge in [-0.05, 0) is 55.0 Å². The van der Waals surface area contributed by atoms with E-state index in [4.69, 9.17) is 21.1 Å². The molecule has 0 aliphatic carbocycles. The maximum Gasteiger partial charge on any atom is 0.255 e. The van der Waals surface area contributed by atoms with Crippen molar-refractivity contribution in [1.82, 2.24) is 0 Å². The third-order valence-electron chi connectivity index (χ3n) is 4.20. The third-order valence-corrected chi connectivity index (χ3v) is 4.49. The fraction of sp³-hybridized carbons (Fsp3) is 0.136. The van der Waals surface area contributed by atoms with Gasteiger partial charge in [0.25, 0.3) is 5.91 Å². The second-order valence-corrected chi connectivity index (χ2v) is 6.57. The van der Waals surface area contributed by atoms with Crippen molar-refractivity contribution in [2.45, 2.75) is 13.5 Å². The molecule has 3 aromatic rings. The molecule has 4 nitrogen and oxygen atoms in total. The number of halogens is 2. The molecule has 0 unspecified atom stereocenters. The predicted molar refractivity (Wildman–Crippen MR) is 108 cm³/mol. The van der Waals surface area contributed by atoms with E-state index in [1.807, 2.05) is 31.2 Å². The Morgan fingerprint density at radius 2 is 1.86 bits per heavy atom. The minimum Gasteiger partial charge on any atom is -0.496 e. The average molecular weight is 400 g/mol. The van der Waals surface area contributed by atoms with Gasteiger partial charge in [0.15, 0.2) is 0 Å². The summed E-state index contributed by atoms with van der Waals surface area (Å²) < 4.78 is 24.5. The minimum absolute atomic E-state index is 0.0557. The Morgan fingerprint density at radius 3 is 2.57 bits per heavy atom. The molecule has 0 fully saturated rings. The van der Waals surface area contributed by atoms with Gasteiger partial charge < -0.3 is 14.8 Å². The quantitative estimate of drug-likeness (QED) is 0.584. The first kappa shape index (κ1) is 19.7. The van der Waals surface area contributed by atoms with Crippen LogP contribution in [0.25, 0.3) is 0 Å². The molecule has 0 aliphatic rings. The van der Waals surface area contributed by atoms with Crippen LogP contribution in [-0.4, -0.2) is 13.0 Å². The lowest BCUT2D eigenvalue weighted by Crippen LogP contribution is -2.13. The molecule has 0 aliphatic heterocycles. The first-order valence-corrected chi connectivity index (χ1v) is 8.97. The molecule has 0 heterocycles. The Balaban J connectivity index is 1.78. The SMILES string of the molecule is COc1ccc(C(=O)Nc2ccc(F)c(Cl)c2)cc1COc1ccccc1C. The normalized spacial score (nSPS) is 10.4. The summed E-state index contributed by atoms with van der Waals surface area (Å²) in [7, 11) is 1.56. The number of nitrogens with one attached hydrogen (secondary N) is 1. The Bertz CT molecular complexity index is 1010. The molecule has 3 aromatic carbocycles. The van der Waals surface area contributed by atoms with Crippen molar-refractivity contribution < 1.29 is 18.7 Å². The number of carbonyl (C=O) groups is 1. The fourth-order valence-corrected chi connectivity index (χ4v) is 2.86. The molecule has 0 aromatic heterocycles. The third kappa shape index (κ3) is 4.61. The lowest BCUT2D eigenvalue weighted by molar-refractivity contribution is 0.102. The Labute approximate surface area is 167 Å². The van der Waals surface area contributed by atoms with Gasteiger partial charge >= 0.3 is 0 Å². The van der Waals surface area contributed by atoms with Crippen LogP contribution in [0.3, 0.4) is 0 Å². The van der Waals surface area contributed by atoms with Gasteiger partial charge in [-0.1, -0.05) is 29.8 Å². The lowest BCUT2D eigenvalue weighted by atomic mass is 10.1. The van der Waals surface area contributed by atoms with Crippen LogP contribution in [0.15, 0.2) is 60.7 Å². The zero-order chi connectivity index (χ0) is 20.1. The van der Waals surface area contributed by atoms with Crippen LogP contribution in [0.5, 0.6) is 11.5 Å². The highest BCUT2D eigenvalue weighted by atomic mass is 35.5. The molecule has 0 saturated heterocycles. The summed E-state index contributed by atoms with van der Waals surface area (Å²) in [5.74, 6) is 0.498. The van der Waals surface area contributed by atoms with Gasteiger partial charge in [-0.25, -0.2) is 4.39 Å². The number of hydrogen-bond donors (Lipinski definition) is 1. The first-order valence-electron chi connectivity index (χ1n) is 8.59. The summed E-state index contributed by atoms with van der Waals surface area (Å²) in [6.07, 6.45) is 0. The minimum atomic E-state index is -0.542. The van der Waals surface area contributed by atoms with Gasteiger partial charge in [-0.2, -0.15) is 0 Å². The van der Waals surface area contributed by atoms with Crippen molar-refractivity contribution in [3.8, 4) is 11.5 Å². The summed E-state index contributed by atoms with van der Waals surface area (Å²) in [4.78, 5) is 12.6. The highest BCUT2D eigenvalue weighted by Crippen LogP contribution is 2.25. The largest absolute Gasteiger partial charge is 0.496 e. The van der Waals surface area contributed by atoms with Gasteiger partial charge in [0.05, 0.1) is 12.1 Å². The molecule has 1 amide bonds. The standard InChI is InChI=1S/C22H19ClFNO3/c1-14-5-3-4-6-20(14)28-13-16-11-15(7-10-21(16)27-2)22(26)25-17-8-9-19(24)18(23)12-17/h3-12H,13H2,1-2H3,(H,25,26). The molecule has 0 spiro atoms. The van der Waals surface area contributed by atoms with E-state index < -0.39 is 5.82 Å². The molecular weight excluding hydrogens is 381 g/mol. The van der Waals surface area contributed by atoms with Crippen molar-refractivity contribution in [2.75, 3.05) is 12.4 Å². The monoisotopic (exact) mass is 399 g/mol. The van der Waals surface area contributed by atoms with E-state index in [-0.39, 0.29) is 17.5 Å². The van der Waals surface area contributed by atoms with Crippen LogP contribution in [0.1, 0.15) is 21.5 Å². The van der Waals surface area contributed by atoms with Gasteiger partial charge in [-0.15, -0.1) is 0 Å². The van der Waals surface area contributed by atoms with Crippen molar-refractivity contribution in [1.29, 1.82) is 0 Å². The highest BCUT2D eigenvalue weighted by molar-refractivity contribution is 6.31. The number of methoxy groups -OCH3 is 1. The molecule has 6 heteroatoms. The zero-order valence-electron chi connectivity index (χ0n) is 15.5. The molecule has 0 saturated carbocycles.